The van der Waals surface area contributed by atoms with Crippen LogP contribution in [-0.4, -0.2) is 32.3 Å². The Kier molecular flexibility index (Phi) is 3.96. The van der Waals surface area contributed by atoms with Crippen LogP contribution in [0.5, 0.6) is 0 Å². The Morgan fingerprint density at radius 2 is 2.53 bits per heavy atom. The summed E-state index contributed by atoms with van der Waals surface area (Å²) in [5.41, 5.74) is 3.93. The Morgan fingerprint density at radius 3 is 3.07 bits per heavy atom. The molecule has 1 fully saturated rings. The van der Waals surface area contributed by atoms with E-state index >= 15 is 0 Å². The summed E-state index contributed by atoms with van der Waals surface area (Å²) in [6.07, 6.45) is 1.96. The average molecular weight is 244 g/mol. The number of nitrogens with one attached hydrogen (secondary N) is 1. The second kappa shape index (κ2) is 5.25. The fourth-order valence-electron chi connectivity index (χ4n) is 1.68. The smallest absolute Gasteiger partial charge is 0.0818 e. The van der Waals surface area contributed by atoms with Crippen LogP contribution in [-0.2, 0) is 7.05 Å². The highest BCUT2D eigenvalue weighted by molar-refractivity contribution is 8.06. The molecule has 1 aliphatic rings. The summed E-state index contributed by atoms with van der Waals surface area (Å²) in [5, 5.41) is 4.94. The third-order valence-corrected chi connectivity index (χ3v) is 5.31. The molecule has 2 rings (SSSR count). The van der Waals surface area contributed by atoms with Gasteiger partial charge in [-0.1, -0.05) is 0 Å². The van der Waals surface area contributed by atoms with Crippen molar-refractivity contribution in [2.45, 2.75) is 11.3 Å². The van der Waals surface area contributed by atoms with E-state index in [1.807, 2.05) is 47.5 Å². The minimum Gasteiger partial charge on any atom is -0.275 e. The lowest BCUT2D eigenvalue weighted by Gasteiger charge is -2.27. The molecular weight excluding hydrogens is 228 g/mol. The summed E-state index contributed by atoms with van der Waals surface area (Å²) >= 11 is 3.98. The first-order valence-corrected chi connectivity index (χ1v) is 7.16. The second-order valence-electron chi connectivity index (χ2n) is 3.54. The summed E-state index contributed by atoms with van der Waals surface area (Å²) in [7, 11) is 1.93. The predicted molar refractivity (Wildman–Crippen MR) is 66.8 cm³/mol. The molecule has 1 aliphatic heterocycles. The van der Waals surface area contributed by atoms with Gasteiger partial charge in [-0.2, -0.15) is 28.6 Å². The van der Waals surface area contributed by atoms with Crippen molar-refractivity contribution in [3.63, 3.8) is 0 Å². The molecule has 0 bridgehead atoms. The van der Waals surface area contributed by atoms with Crippen LogP contribution < -0.4 is 11.3 Å². The van der Waals surface area contributed by atoms with Crippen LogP contribution in [0.2, 0.25) is 0 Å². The van der Waals surface area contributed by atoms with Gasteiger partial charge in [-0.25, -0.2) is 0 Å². The summed E-state index contributed by atoms with van der Waals surface area (Å²) in [4.78, 5) is 0. The van der Waals surface area contributed by atoms with Crippen molar-refractivity contribution >= 4 is 23.5 Å². The molecule has 1 aromatic rings. The summed E-state index contributed by atoms with van der Waals surface area (Å²) in [5.74, 6) is 9.23. The molecule has 3 N–H and O–H groups in total. The van der Waals surface area contributed by atoms with Gasteiger partial charge in [-0.05, 0) is 6.07 Å². The van der Waals surface area contributed by atoms with Crippen molar-refractivity contribution in [2.24, 2.45) is 12.9 Å². The van der Waals surface area contributed by atoms with Crippen molar-refractivity contribution in [1.82, 2.24) is 15.2 Å². The normalized spacial score (nSPS) is 24.0. The molecular formula is C9H16N4S2. The van der Waals surface area contributed by atoms with E-state index in [0.29, 0.717) is 5.25 Å². The van der Waals surface area contributed by atoms with Gasteiger partial charge in [0.15, 0.2) is 0 Å². The SMILES string of the molecule is Cn1ccc(C(NN)C2CSCCS2)n1. The van der Waals surface area contributed by atoms with Crippen LogP contribution in [0.15, 0.2) is 12.3 Å². The fourth-order valence-corrected chi connectivity index (χ4v) is 4.52. The molecule has 2 heterocycles. The Balaban J connectivity index is 2.08. The number of nitrogens with zero attached hydrogens (tertiary/aromatic N) is 2. The van der Waals surface area contributed by atoms with E-state index in [4.69, 9.17) is 5.84 Å². The van der Waals surface area contributed by atoms with Crippen LogP contribution in [0.3, 0.4) is 0 Å². The number of hydrogen-bond donors (Lipinski definition) is 2. The largest absolute Gasteiger partial charge is 0.275 e. The van der Waals surface area contributed by atoms with E-state index in [-0.39, 0.29) is 6.04 Å². The van der Waals surface area contributed by atoms with E-state index in [0.717, 1.165) is 11.4 Å². The van der Waals surface area contributed by atoms with Crippen molar-refractivity contribution < 1.29 is 0 Å². The van der Waals surface area contributed by atoms with Crippen LogP contribution in [0.25, 0.3) is 0 Å². The average Bonchev–Trinajstić information content (AvgIpc) is 2.68. The topological polar surface area (TPSA) is 55.9 Å². The lowest BCUT2D eigenvalue weighted by atomic mass is 10.1. The minimum absolute atomic E-state index is 0.170. The van der Waals surface area contributed by atoms with Crippen molar-refractivity contribution in [3.8, 4) is 0 Å². The molecule has 2 atom stereocenters. The highest BCUT2D eigenvalue weighted by Gasteiger charge is 2.26. The summed E-state index contributed by atoms with van der Waals surface area (Å²) in [6, 6.07) is 2.20. The van der Waals surface area contributed by atoms with Gasteiger partial charge >= 0.3 is 0 Å². The molecule has 4 nitrogen and oxygen atoms in total. The Labute approximate surface area is 98.3 Å². The monoisotopic (exact) mass is 244 g/mol. The van der Waals surface area contributed by atoms with E-state index in [9.17, 15) is 0 Å². The van der Waals surface area contributed by atoms with Gasteiger partial charge in [0.1, 0.15) is 0 Å². The maximum atomic E-state index is 5.62. The van der Waals surface area contributed by atoms with Gasteiger partial charge in [0.05, 0.1) is 11.7 Å². The number of rotatable bonds is 3. The minimum atomic E-state index is 0.170. The Morgan fingerprint density at radius 1 is 1.67 bits per heavy atom. The number of thioether (sulfide) groups is 2. The van der Waals surface area contributed by atoms with Gasteiger partial charge in [-0.15, -0.1) is 0 Å². The van der Waals surface area contributed by atoms with E-state index in [2.05, 4.69) is 10.5 Å². The third kappa shape index (κ3) is 2.69. The zero-order valence-electron chi connectivity index (χ0n) is 8.72. The molecule has 6 heteroatoms. The second-order valence-corrected chi connectivity index (χ2v) is 6.04. The lowest BCUT2D eigenvalue weighted by Crippen LogP contribution is -2.38. The number of hydrazine groups is 1. The maximum Gasteiger partial charge on any atom is 0.0818 e. The van der Waals surface area contributed by atoms with Crippen LogP contribution in [0.1, 0.15) is 11.7 Å². The summed E-state index contributed by atoms with van der Waals surface area (Å²) in [6.45, 7) is 0. The first kappa shape index (κ1) is 11.3. The highest BCUT2D eigenvalue weighted by Crippen LogP contribution is 2.32. The number of hydrogen-bond acceptors (Lipinski definition) is 5. The quantitative estimate of drug-likeness (QED) is 0.608. The fraction of sp³-hybridized carbons (Fsp3) is 0.667. The highest BCUT2D eigenvalue weighted by atomic mass is 32.2. The summed E-state index contributed by atoms with van der Waals surface area (Å²) < 4.78 is 1.82. The number of aryl methyl sites for hydroxylation is 1. The number of nitrogens with two attached hydrogens (primary N) is 1. The van der Waals surface area contributed by atoms with Gasteiger partial charge in [-0.3, -0.25) is 16.0 Å². The number of aromatic nitrogens is 2. The maximum absolute atomic E-state index is 5.62. The van der Waals surface area contributed by atoms with Crippen LogP contribution in [0, 0.1) is 0 Å². The molecule has 1 aromatic heterocycles. The molecule has 0 aliphatic carbocycles. The molecule has 84 valence electrons. The van der Waals surface area contributed by atoms with Crippen molar-refractivity contribution in [2.75, 3.05) is 17.3 Å². The van der Waals surface area contributed by atoms with Crippen molar-refractivity contribution in [1.29, 1.82) is 0 Å². The molecule has 0 radical (unpaired) electrons. The third-order valence-electron chi connectivity index (χ3n) is 2.45. The molecule has 0 aromatic carbocycles. The van der Waals surface area contributed by atoms with E-state index < -0.39 is 0 Å². The van der Waals surface area contributed by atoms with Gasteiger partial charge in [0, 0.05) is 35.8 Å². The standard InChI is InChI=1S/C9H16N4S2/c1-13-3-2-7(12-13)9(11-10)8-6-14-4-5-15-8/h2-3,8-9,11H,4-6,10H2,1H3. The molecule has 2 unspecified atom stereocenters. The first-order valence-electron chi connectivity index (χ1n) is 4.96. The first-order chi connectivity index (χ1) is 7.31. The Bertz CT molecular complexity index is 309. The van der Waals surface area contributed by atoms with Gasteiger partial charge in [0.25, 0.3) is 0 Å². The van der Waals surface area contributed by atoms with Crippen molar-refractivity contribution in [3.05, 3.63) is 18.0 Å². The molecule has 15 heavy (non-hydrogen) atoms. The van der Waals surface area contributed by atoms with E-state index in [1.54, 1.807) is 0 Å². The zero-order chi connectivity index (χ0) is 10.7. The Hall–Kier alpha value is -0.170. The molecule has 0 saturated carbocycles. The van der Waals surface area contributed by atoms with Gasteiger partial charge < -0.3 is 0 Å². The van der Waals surface area contributed by atoms with Gasteiger partial charge in [0.2, 0.25) is 0 Å². The zero-order valence-corrected chi connectivity index (χ0v) is 10.4. The predicted octanol–water partition coefficient (Wildman–Crippen LogP) is 0.773. The van der Waals surface area contributed by atoms with Crippen LogP contribution >= 0.6 is 23.5 Å². The molecule has 0 spiro atoms. The molecule has 1 saturated heterocycles. The van der Waals surface area contributed by atoms with Crippen LogP contribution in [0.4, 0.5) is 0 Å². The lowest BCUT2D eigenvalue weighted by molar-refractivity contribution is 0.530. The molecule has 0 amide bonds. The van der Waals surface area contributed by atoms with E-state index in [1.165, 1.54) is 11.5 Å².